The van der Waals surface area contributed by atoms with Gasteiger partial charge in [0.15, 0.2) is 0 Å². The van der Waals surface area contributed by atoms with Gasteiger partial charge in [-0.15, -0.1) is 0 Å². The highest BCUT2D eigenvalue weighted by Gasteiger charge is 2.37. The minimum atomic E-state index is -4.40. The molecule has 0 saturated heterocycles. The molecule has 0 bridgehead atoms. The maximum absolute atomic E-state index is 11.7. The van der Waals surface area contributed by atoms with E-state index in [-0.39, 0.29) is 0 Å². The van der Waals surface area contributed by atoms with Crippen LogP contribution in [0.25, 0.3) is 0 Å². The molecule has 1 aromatic heterocycles. The molecule has 0 spiro atoms. The summed E-state index contributed by atoms with van der Waals surface area (Å²) in [6.45, 7) is 0. The summed E-state index contributed by atoms with van der Waals surface area (Å²) in [6.07, 6.45) is -3.34. The number of nitrogens with zero attached hydrogens (tertiary/aromatic N) is 2. The molecular weight excluding hydrogens is 147 g/mol. The molecule has 0 aliphatic heterocycles. The molecule has 1 aromatic rings. The second-order valence-electron chi connectivity index (χ2n) is 1.55. The first-order valence-electron chi connectivity index (χ1n) is 2.37. The lowest BCUT2D eigenvalue weighted by atomic mass is 10.4. The van der Waals surface area contributed by atoms with Crippen molar-refractivity contribution >= 4 is 0 Å². The summed E-state index contributed by atoms with van der Waals surface area (Å²) in [5, 5.41) is 7.92. The van der Waals surface area contributed by atoms with Crippen LogP contribution in [0.4, 0.5) is 13.2 Å². The normalized spacial score (nSPS) is 11.5. The Kier molecular flexibility index (Phi) is 1.52. The fraction of sp³-hybridized carbons (Fsp3) is 0.250. The molecule has 0 aliphatic rings. The summed E-state index contributed by atoms with van der Waals surface area (Å²) in [5.74, 6) is 0. The van der Waals surface area contributed by atoms with Crippen molar-refractivity contribution in [1.82, 2.24) is 10.3 Å². The summed E-state index contributed by atoms with van der Waals surface area (Å²) < 4.78 is 35.0. The molecule has 1 heterocycles. The molecule has 0 radical (unpaired) electrons. The molecule has 0 atom stereocenters. The third-order valence-electron chi connectivity index (χ3n) is 0.822. The summed E-state index contributed by atoms with van der Waals surface area (Å²) >= 11 is 0. The molecule has 10 heavy (non-hydrogen) atoms. The van der Waals surface area contributed by atoms with Gasteiger partial charge in [0, 0.05) is 6.07 Å². The Morgan fingerprint density at radius 3 is 2.40 bits per heavy atom. The largest absolute Gasteiger partial charge is 0.460 e. The number of aromatic amines is 1. The van der Waals surface area contributed by atoms with Crippen LogP contribution in [0.2, 0.25) is 0 Å². The van der Waals surface area contributed by atoms with E-state index >= 15 is 0 Å². The molecular formula is C4H3F3N3+. The van der Waals surface area contributed by atoms with Crippen LogP contribution in [0.1, 0.15) is 5.69 Å². The number of aromatic nitrogens is 3. The van der Waals surface area contributed by atoms with Crippen molar-refractivity contribution in [3.63, 3.8) is 0 Å². The van der Waals surface area contributed by atoms with Crippen molar-refractivity contribution in [1.29, 1.82) is 0 Å². The fourth-order valence-corrected chi connectivity index (χ4v) is 0.417. The highest BCUT2D eigenvalue weighted by atomic mass is 19.4. The van der Waals surface area contributed by atoms with E-state index in [4.69, 9.17) is 0 Å². The van der Waals surface area contributed by atoms with Gasteiger partial charge in [-0.05, 0) is 0 Å². The molecule has 1 rings (SSSR count). The van der Waals surface area contributed by atoms with Gasteiger partial charge in [0.1, 0.15) is 11.4 Å². The lowest BCUT2D eigenvalue weighted by Crippen LogP contribution is -2.16. The van der Waals surface area contributed by atoms with Crippen molar-refractivity contribution < 1.29 is 18.3 Å². The number of hydrogen-bond acceptors (Lipinski definition) is 2. The minimum Gasteiger partial charge on any atom is -0.163 e. The predicted molar refractivity (Wildman–Crippen MR) is 23.6 cm³/mol. The van der Waals surface area contributed by atoms with Crippen molar-refractivity contribution in [3.05, 3.63) is 18.0 Å². The first-order valence-corrected chi connectivity index (χ1v) is 2.37. The van der Waals surface area contributed by atoms with E-state index in [0.717, 1.165) is 12.3 Å². The van der Waals surface area contributed by atoms with Gasteiger partial charge in [-0.1, -0.05) is 0 Å². The zero-order valence-electron chi connectivity index (χ0n) is 4.68. The highest BCUT2D eigenvalue weighted by Crippen LogP contribution is 2.25. The van der Waals surface area contributed by atoms with Crippen LogP contribution in [0.5, 0.6) is 0 Å². The first-order chi connectivity index (χ1) is 4.61. The van der Waals surface area contributed by atoms with Crippen LogP contribution >= 0.6 is 0 Å². The van der Waals surface area contributed by atoms with Crippen LogP contribution < -0.4 is 5.10 Å². The van der Waals surface area contributed by atoms with Crippen molar-refractivity contribution in [2.45, 2.75) is 6.18 Å². The van der Waals surface area contributed by atoms with Crippen LogP contribution in [0, 0.1) is 0 Å². The van der Waals surface area contributed by atoms with E-state index in [1.807, 2.05) is 0 Å². The topological polar surface area (TPSA) is 39.9 Å². The van der Waals surface area contributed by atoms with Gasteiger partial charge in [0.2, 0.25) is 0 Å². The second kappa shape index (κ2) is 2.20. The van der Waals surface area contributed by atoms with Crippen LogP contribution in [-0.4, -0.2) is 10.3 Å². The maximum atomic E-state index is 11.7. The zero-order valence-corrected chi connectivity index (χ0v) is 4.68. The molecule has 6 heteroatoms. The van der Waals surface area contributed by atoms with E-state index in [1.165, 1.54) is 0 Å². The van der Waals surface area contributed by atoms with Gasteiger partial charge in [0.05, 0.1) is 5.10 Å². The van der Waals surface area contributed by atoms with Crippen LogP contribution in [0.3, 0.4) is 0 Å². The van der Waals surface area contributed by atoms with Crippen LogP contribution in [0.15, 0.2) is 12.3 Å². The summed E-state index contributed by atoms with van der Waals surface area (Å²) in [4.78, 5) is 0. The summed E-state index contributed by atoms with van der Waals surface area (Å²) in [6, 6.07) is 0.812. The van der Waals surface area contributed by atoms with E-state index in [2.05, 4.69) is 15.4 Å². The molecule has 0 saturated carbocycles. The Morgan fingerprint density at radius 2 is 2.10 bits per heavy atom. The average Bonchev–Trinajstić information content (AvgIpc) is 1.88. The van der Waals surface area contributed by atoms with Gasteiger partial charge in [-0.2, -0.15) is 18.3 Å². The minimum absolute atomic E-state index is 0.812. The number of rotatable bonds is 0. The van der Waals surface area contributed by atoms with Gasteiger partial charge in [0.25, 0.3) is 5.69 Å². The smallest absolute Gasteiger partial charge is 0.163 e. The monoisotopic (exact) mass is 150 g/mol. The third-order valence-corrected chi connectivity index (χ3v) is 0.822. The summed E-state index contributed by atoms with van der Waals surface area (Å²) in [7, 11) is 0. The standard InChI is InChI=1S/C4H2F3N3/c5-4(6,7)3-1-2-8-10-9-3/h1-2H/p+1. The maximum Gasteiger partial charge on any atom is 0.460 e. The number of nitrogens with one attached hydrogen (secondary N) is 1. The van der Waals surface area contributed by atoms with Crippen molar-refractivity contribution in [3.8, 4) is 0 Å². The Labute approximate surface area is 53.9 Å². The summed E-state index contributed by atoms with van der Waals surface area (Å²) in [5.41, 5.74) is -0.994. The van der Waals surface area contributed by atoms with E-state index in [1.54, 1.807) is 0 Å². The van der Waals surface area contributed by atoms with Gasteiger partial charge >= 0.3 is 6.18 Å². The average molecular weight is 150 g/mol. The Bertz CT molecular complexity index is 207. The fourth-order valence-electron chi connectivity index (χ4n) is 0.417. The SMILES string of the molecule is FC(F)(F)c1cc[nH+]nn1. The predicted octanol–water partition coefficient (Wildman–Crippen LogP) is 0.309. The van der Waals surface area contributed by atoms with Crippen molar-refractivity contribution in [2.24, 2.45) is 0 Å². The zero-order chi connectivity index (χ0) is 7.61. The molecule has 0 fully saturated rings. The highest BCUT2D eigenvalue weighted by molar-refractivity contribution is 4.97. The molecule has 0 aliphatic carbocycles. The Hall–Kier alpha value is -1.20. The van der Waals surface area contributed by atoms with Gasteiger partial charge in [-0.25, -0.2) is 0 Å². The molecule has 54 valence electrons. The Balaban J connectivity index is 2.97. The van der Waals surface area contributed by atoms with Crippen LogP contribution in [-0.2, 0) is 6.18 Å². The molecule has 0 amide bonds. The number of halogens is 3. The number of hydrogen-bond donors (Lipinski definition) is 0. The van der Waals surface area contributed by atoms with Gasteiger partial charge < -0.3 is 0 Å². The third kappa shape index (κ3) is 1.40. The van der Waals surface area contributed by atoms with E-state index in [0.29, 0.717) is 0 Å². The molecule has 0 aromatic carbocycles. The van der Waals surface area contributed by atoms with Crippen molar-refractivity contribution in [2.75, 3.05) is 0 Å². The quantitative estimate of drug-likeness (QED) is 0.534. The molecule has 1 N–H and O–H groups in total. The second-order valence-corrected chi connectivity index (χ2v) is 1.55. The Morgan fingerprint density at radius 1 is 1.40 bits per heavy atom. The lowest BCUT2D eigenvalue weighted by Gasteiger charge is -1.95. The van der Waals surface area contributed by atoms with E-state index < -0.39 is 11.9 Å². The number of alkyl halides is 3. The molecule has 0 unspecified atom stereocenters. The van der Waals surface area contributed by atoms with Gasteiger partial charge in [-0.3, -0.25) is 0 Å². The lowest BCUT2D eigenvalue weighted by molar-refractivity contribution is -0.465. The van der Waals surface area contributed by atoms with E-state index in [9.17, 15) is 13.2 Å². The first kappa shape index (κ1) is 6.91. The number of H-pyrrole nitrogens is 1. The molecule has 3 nitrogen and oxygen atoms in total.